The number of likely N-dealkylation sites (tertiary alicyclic amines) is 1. The highest BCUT2D eigenvalue weighted by atomic mass is 16.2. The lowest BCUT2D eigenvalue weighted by molar-refractivity contribution is -0.142. The van der Waals surface area contributed by atoms with Crippen LogP contribution in [0.3, 0.4) is 0 Å². The molecule has 18 heavy (non-hydrogen) atoms. The first-order valence-electron chi connectivity index (χ1n) is 6.92. The molecule has 0 bridgehead atoms. The molecule has 0 spiro atoms. The van der Waals surface area contributed by atoms with E-state index in [4.69, 9.17) is 0 Å². The number of hydrogen-bond acceptors (Lipinski definition) is 3. The summed E-state index contributed by atoms with van der Waals surface area (Å²) in [6.07, 6.45) is 4.22. The number of nitrogens with one attached hydrogen (secondary N) is 2. The van der Waals surface area contributed by atoms with Crippen molar-refractivity contribution in [1.29, 1.82) is 0 Å². The van der Waals surface area contributed by atoms with E-state index in [1.165, 1.54) is 0 Å². The Bertz CT molecular complexity index is 281. The van der Waals surface area contributed by atoms with Crippen LogP contribution in [0.1, 0.15) is 39.0 Å². The minimum absolute atomic E-state index is 0.00704. The van der Waals surface area contributed by atoms with Gasteiger partial charge < -0.3 is 15.5 Å². The monoisotopic (exact) mass is 255 g/mol. The van der Waals surface area contributed by atoms with Crippen LogP contribution in [0.25, 0.3) is 0 Å². The number of hydrogen-bond donors (Lipinski definition) is 2. The Labute approximate surface area is 109 Å². The van der Waals surface area contributed by atoms with Crippen LogP contribution < -0.4 is 10.6 Å². The summed E-state index contributed by atoms with van der Waals surface area (Å²) in [6.45, 7) is 4.13. The average Bonchev–Trinajstić information content (AvgIpc) is 2.42. The molecule has 1 unspecified atom stereocenters. The Morgan fingerprint density at radius 3 is 2.72 bits per heavy atom. The standard InChI is InChI=1S/C13H25N3O2/c1-3-12(17)16-10-5-4-7-11(16)13(18)15-9-6-8-14-2/h11,14H,3-10H2,1-2H3,(H,15,18). The number of nitrogens with zero attached hydrogens (tertiary/aromatic N) is 1. The van der Waals surface area contributed by atoms with Gasteiger partial charge in [-0.1, -0.05) is 6.92 Å². The number of carbonyl (C=O) groups is 2. The zero-order chi connectivity index (χ0) is 13.4. The van der Waals surface area contributed by atoms with Gasteiger partial charge in [0, 0.05) is 19.5 Å². The lowest BCUT2D eigenvalue weighted by Gasteiger charge is -2.34. The Kier molecular flexibility index (Phi) is 6.72. The van der Waals surface area contributed by atoms with Gasteiger partial charge in [0.2, 0.25) is 11.8 Å². The largest absolute Gasteiger partial charge is 0.354 e. The minimum atomic E-state index is -0.249. The van der Waals surface area contributed by atoms with E-state index in [0.717, 1.165) is 38.8 Å². The maximum atomic E-state index is 12.1. The molecule has 0 saturated carbocycles. The molecule has 0 aromatic carbocycles. The predicted molar refractivity (Wildman–Crippen MR) is 71.2 cm³/mol. The van der Waals surface area contributed by atoms with E-state index in [0.29, 0.717) is 13.0 Å². The third kappa shape index (κ3) is 4.29. The van der Waals surface area contributed by atoms with Crippen molar-refractivity contribution in [2.45, 2.75) is 45.1 Å². The molecule has 0 aromatic heterocycles. The predicted octanol–water partition coefficient (Wildman–Crippen LogP) is 0.503. The van der Waals surface area contributed by atoms with Gasteiger partial charge in [-0.2, -0.15) is 0 Å². The highest BCUT2D eigenvalue weighted by molar-refractivity contribution is 5.87. The van der Waals surface area contributed by atoms with Crippen LogP contribution in [0.5, 0.6) is 0 Å². The van der Waals surface area contributed by atoms with Crippen molar-refractivity contribution >= 4 is 11.8 Å². The van der Waals surface area contributed by atoms with Gasteiger partial charge in [-0.3, -0.25) is 9.59 Å². The summed E-state index contributed by atoms with van der Waals surface area (Å²) < 4.78 is 0. The highest BCUT2D eigenvalue weighted by Gasteiger charge is 2.30. The molecule has 0 aromatic rings. The normalized spacial score (nSPS) is 19.7. The van der Waals surface area contributed by atoms with Gasteiger partial charge in [0.15, 0.2) is 0 Å². The number of rotatable bonds is 6. The second-order valence-corrected chi connectivity index (χ2v) is 4.70. The van der Waals surface area contributed by atoms with Crippen LogP contribution in [0, 0.1) is 0 Å². The topological polar surface area (TPSA) is 61.4 Å². The Balaban J connectivity index is 2.44. The molecule has 1 rings (SSSR count). The summed E-state index contributed by atoms with van der Waals surface area (Å²) in [7, 11) is 1.89. The lowest BCUT2D eigenvalue weighted by Crippen LogP contribution is -2.52. The number of amides is 2. The first kappa shape index (κ1) is 15.0. The van der Waals surface area contributed by atoms with Crippen molar-refractivity contribution in [2.24, 2.45) is 0 Å². The van der Waals surface area contributed by atoms with Gasteiger partial charge in [-0.15, -0.1) is 0 Å². The van der Waals surface area contributed by atoms with Crippen molar-refractivity contribution in [1.82, 2.24) is 15.5 Å². The van der Waals surface area contributed by atoms with Crippen molar-refractivity contribution in [3.63, 3.8) is 0 Å². The third-order valence-corrected chi connectivity index (χ3v) is 3.33. The smallest absolute Gasteiger partial charge is 0.242 e. The fraction of sp³-hybridized carbons (Fsp3) is 0.846. The Morgan fingerprint density at radius 2 is 2.06 bits per heavy atom. The van der Waals surface area contributed by atoms with Gasteiger partial charge >= 0.3 is 0 Å². The van der Waals surface area contributed by atoms with Crippen molar-refractivity contribution in [2.75, 3.05) is 26.7 Å². The zero-order valence-electron chi connectivity index (χ0n) is 11.5. The SMILES string of the molecule is CCC(=O)N1CCCCC1C(=O)NCCCNC. The van der Waals surface area contributed by atoms with Crippen LogP contribution in [-0.4, -0.2) is 49.4 Å². The molecule has 1 atom stereocenters. The first-order chi connectivity index (χ1) is 8.70. The summed E-state index contributed by atoms with van der Waals surface area (Å²) in [4.78, 5) is 25.6. The molecule has 0 radical (unpaired) electrons. The molecule has 0 aliphatic carbocycles. The van der Waals surface area contributed by atoms with Gasteiger partial charge in [-0.25, -0.2) is 0 Å². The van der Waals surface area contributed by atoms with Gasteiger partial charge in [-0.05, 0) is 39.3 Å². The molecule has 2 N–H and O–H groups in total. The summed E-state index contributed by atoms with van der Waals surface area (Å²) in [5, 5.41) is 5.96. The molecule has 1 aliphatic rings. The van der Waals surface area contributed by atoms with E-state index in [9.17, 15) is 9.59 Å². The Morgan fingerprint density at radius 1 is 1.28 bits per heavy atom. The van der Waals surface area contributed by atoms with E-state index in [1.54, 1.807) is 4.90 Å². The zero-order valence-corrected chi connectivity index (χ0v) is 11.5. The molecule has 5 nitrogen and oxygen atoms in total. The van der Waals surface area contributed by atoms with Crippen molar-refractivity contribution in [3.05, 3.63) is 0 Å². The summed E-state index contributed by atoms with van der Waals surface area (Å²) in [5.74, 6) is 0.0951. The van der Waals surface area contributed by atoms with E-state index in [2.05, 4.69) is 10.6 Å². The molecular formula is C13H25N3O2. The molecule has 2 amide bonds. The quantitative estimate of drug-likeness (QED) is 0.680. The van der Waals surface area contributed by atoms with E-state index in [-0.39, 0.29) is 17.9 Å². The fourth-order valence-electron chi connectivity index (χ4n) is 2.30. The van der Waals surface area contributed by atoms with E-state index in [1.807, 2.05) is 14.0 Å². The summed E-state index contributed by atoms with van der Waals surface area (Å²) in [5.41, 5.74) is 0. The van der Waals surface area contributed by atoms with Crippen LogP contribution in [0.2, 0.25) is 0 Å². The van der Waals surface area contributed by atoms with Crippen molar-refractivity contribution < 1.29 is 9.59 Å². The van der Waals surface area contributed by atoms with Crippen LogP contribution >= 0.6 is 0 Å². The summed E-state index contributed by atoms with van der Waals surface area (Å²) >= 11 is 0. The number of carbonyl (C=O) groups excluding carboxylic acids is 2. The molecule has 1 heterocycles. The third-order valence-electron chi connectivity index (χ3n) is 3.33. The maximum absolute atomic E-state index is 12.1. The van der Waals surface area contributed by atoms with Crippen LogP contribution in [-0.2, 0) is 9.59 Å². The molecule has 104 valence electrons. The molecule has 1 fully saturated rings. The molecule has 5 heteroatoms. The van der Waals surface area contributed by atoms with Crippen LogP contribution in [0.4, 0.5) is 0 Å². The Hall–Kier alpha value is -1.10. The second kappa shape index (κ2) is 8.08. The fourth-order valence-corrected chi connectivity index (χ4v) is 2.30. The molecule has 1 aliphatic heterocycles. The highest BCUT2D eigenvalue weighted by Crippen LogP contribution is 2.18. The van der Waals surface area contributed by atoms with Crippen LogP contribution in [0.15, 0.2) is 0 Å². The second-order valence-electron chi connectivity index (χ2n) is 4.70. The lowest BCUT2D eigenvalue weighted by atomic mass is 10.0. The van der Waals surface area contributed by atoms with Gasteiger partial charge in [0.25, 0.3) is 0 Å². The average molecular weight is 255 g/mol. The van der Waals surface area contributed by atoms with Crippen molar-refractivity contribution in [3.8, 4) is 0 Å². The van der Waals surface area contributed by atoms with E-state index < -0.39 is 0 Å². The maximum Gasteiger partial charge on any atom is 0.242 e. The minimum Gasteiger partial charge on any atom is -0.354 e. The van der Waals surface area contributed by atoms with Gasteiger partial charge in [0.1, 0.15) is 6.04 Å². The van der Waals surface area contributed by atoms with Gasteiger partial charge in [0.05, 0.1) is 0 Å². The van der Waals surface area contributed by atoms with E-state index >= 15 is 0 Å². The first-order valence-corrected chi connectivity index (χ1v) is 6.92. The summed E-state index contributed by atoms with van der Waals surface area (Å²) in [6, 6.07) is -0.249. The molecule has 1 saturated heterocycles. The molecular weight excluding hydrogens is 230 g/mol. The number of piperidine rings is 1.